The van der Waals surface area contributed by atoms with Crippen molar-refractivity contribution in [3.63, 3.8) is 0 Å². The summed E-state index contributed by atoms with van der Waals surface area (Å²) < 4.78 is 9.83. The zero-order valence-corrected chi connectivity index (χ0v) is 9.35. The molecule has 7 heteroatoms. The van der Waals surface area contributed by atoms with Crippen molar-refractivity contribution in [2.75, 3.05) is 0 Å². The zero-order valence-electron chi connectivity index (χ0n) is 8.60. The Morgan fingerprint density at radius 1 is 1.50 bits per heavy atom. The molecule has 0 aromatic carbocycles. The van der Waals surface area contributed by atoms with Gasteiger partial charge in [-0.25, -0.2) is 9.78 Å². The van der Waals surface area contributed by atoms with Gasteiger partial charge in [-0.1, -0.05) is 16.8 Å². The van der Waals surface area contributed by atoms with Gasteiger partial charge in [0.15, 0.2) is 0 Å². The second kappa shape index (κ2) is 4.05. The first-order valence-electron chi connectivity index (χ1n) is 4.56. The Morgan fingerprint density at radius 3 is 2.94 bits per heavy atom. The van der Waals surface area contributed by atoms with Gasteiger partial charge >= 0.3 is 5.97 Å². The van der Waals surface area contributed by atoms with E-state index in [0.717, 1.165) is 0 Å². The highest BCUT2D eigenvalue weighted by atomic mass is 35.5. The maximum absolute atomic E-state index is 11.6. The summed E-state index contributed by atoms with van der Waals surface area (Å²) in [6.45, 7) is 3.47. The molecule has 0 aliphatic heterocycles. The summed E-state index contributed by atoms with van der Waals surface area (Å²) >= 11 is 5.83. The summed E-state index contributed by atoms with van der Waals surface area (Å²) in [7, 11) is 0. The van der Waals surface area contributed by atoms with E-state index < -0.39 is 5.97 Å². The van der Waals surface area contributed by atoms with E-state index in [4.69, 9.17) is 20.9 Å². The van der Waals surface area contributed by atoms with Gasteiger partial charge in [0.25, 0.3) is 5.71 Å². The Balaban J connectivity index is 2.49. The largest absolute Gasteiger partial charge is 0.458 e. The van der Waals surface area contributed by atoms with Crippen LogP contribution in [0.4, 0.5) is 0 Å². The number of ether oxygens (including phenoxy) is 1. The number of carbonyl (C=O) groups is 1. The third-order valence-electron chi connectivity index (χ3n) is 1.76. The summed E-state index contributed by atoms with van der Waals surface area (Å²) in [6.07, 6.45) is 0.982. The van der Waals surface area contributed by atoms with Crippen molar-refractivity contribution in [1.82, 2.24) is 15.1 Å². The molecule has 6 nitrogen and oxygen atoms in total. The summed E-state index contributed by atoms with van der Waals surface area (Å²) in [4.78, 5) is 19.2. The van der Waals surface area contributed by atoms with Crippen molar-refractivity contribution in [2.24, 2.45) is 0 Å². The minimum Gasteiger partial charge on any atom is -0.458 e. The van der Waals surface area contributed by atoms with E-state index in [-0.39, 0.29) is 28.1 Å². The molecule has 0 aliphatic carbocycles. The van der Waals surface area contributed by atoms with Crippen molar-refractivity contribution in [1.29, 1.82) is 0 Å². The molecule has 0 radical (unpaired) electrons. The van der Waals surface area contributed by atoms with Crippen molar-refractivity contribution >= 4 is 28.7 Å². The summed E-state index contributed by atoms with van der Waals surface area (Å²) in [6, 6.07) is 0. The molecule has 0 fully saturated rings. The lowest BCUT2D eigenvalue weighted by Crippen LogP contribution is -2.12. The van der Waals surface area contributed by atoms with E-state index in [1.54, 1.807) is 13.8 Å². The van der Waals surface area contributed by atoms with Crippen molar-refractivity contribution < 1.29 is 14.1 Å². The van der Waals surface area contributed by atoms with E-state index >= 15 is 0 Å². The highest BCUT2D eigenvalue weighted by Crippen LogP contribution is 2.23. The average molecular weight is 242 g/mol. The van der Waals surface area contributed by atoms with Crippen LogP contribution >= 0.6 is 11.6 Å². The Kier molecular flexibility index (Phi) is 2.74. The number of aromatic nitrogens is 3. The Bertz CT molecular complexity index is 538. The van der Waals surface area contributed by atoms with Gasteiger partial charge in [0.2, 0.25) is 5.69 Å². The van der Waals surface area contributed by atoms with Gasteiger partial charge in [-0.3, -0.25) is 0 Å². The fourth-order valence-corrected chi connectivity index (χ4v) is 1.38. The van der Waals surface area contributed by atoms with E-state index in [2.05, 4.69) is 15.1 Å². The molecule has 2 aromatic heterocycles. The zero-order chi connectivity index (χ0) is 11.7. The van der Waals surface area contributed by atoms with Crippen molar-refractivity contribution in [3.05, 3.63) is 17.2 Å². The maximum Gasteiger partial charge on any atom is 0.361 e. The molecule has 16 heavy (non-hydrogen) atoms. The van der Waals surface area contributed by atoms with Crippen LogP contribution in [-0.2, 0) is 4.74 Å². The fraction of sp³-hybridized carbons (Fsp3) is 0.333. The van der Waals surface area contributed by atoms with E-state index in [9.17, 15) is 4.79 Å². The molecule has 0 atom stereocenters. The molecule has 0 saturated carbocycles. The number of halogens is 1. The minimum atomic E-state index is -0.606. The molecule has 84 valence electrons. The topological polar surface area (TPSA) is 78.1 Å². The van der Waals surface area contributed by atoms with Gasteiger partial charge in [-0.15, -0.1) is 0 Å². The molecule has 0 unspecified atom stereocenters. The molecule has 0 amide bonds. The molecule has 0 saturated heterocycles. The standard InChI is InChI=1S/C9H8ClN3O3/c1-4(2)15-9(14)6-5-7(10)11-3-12-8(5)16-13-6/h3-4H,1-2H3. The van der Waals surface area contributed by atoms with Crippen LogP contribution in [-0.4, -0.2) is 27.2 Å². The van der Waals surface area contributed by atoms with Crippen LogP contribution in [0.1, 0.15) is 24.3 Å². The quantitative estimate of drug-likeness (QED) is 0.590. The van der Waals surface area contributed by atoms with Gasteiger partial charge in [-0.05, 0) is 13.8 Å². The highest BCUT2D eigenvalue weighted by Gasteiger charge is 2.22. The SMILES string of the molecule is CC(C)OC(=O)c1noc2ncnc(Cl)c12. The Morgan fingerprint density at radius 2 is 2.25 bits per heavy atom. The van der Waals surface area contributed by atoms with E-state index in [0.29, 0.717) is 0 Å². The molecule has 0 N–H and O–H groups in total. The van der Waals surface area contributed by atoms with Crippen LogP contribution < -0.4 is 0 Å². The Labute approximate surface area is 95.6 Å². The van der Waals surface area contributed by atoms with Crippen LogP contribution in [0.5, 0.6) is 0 Å². The predicted molar refractivity (Wildman–Crippen MR) is 55.2 cm³/mol. The van der Waals surface area contributed by atoms with Crippen LogP contribution in [0.3, 0.4) is 0 Å². The maximum atomic E-state index is 11.6. The molecular formula is C9H8ClN3O3. The molecule has 0 bridgehead atoms. The van der Waals surface area contributed by atoms with E-state index in [1.165, 1.54) is 6.33 Å². The van der Waals surface area contributed by atoms with Crippen LogP contribution in [0, 0.1) is 0 Å². The molecule has 2 aromatic rings. The number of rotatable bonds is 2. The van der Waals surface area contributed by atoms with Gasteiger partial charge < -0.3 is 9.26 Å². The fourth-order valence-electron chi connectivity index (χ4n) is 1.16. The molecule has 0 aliphatic rings. The number of esters is 1. The molecule has 2 heterocycles. The minimum absolute atomic E-state index is 0.00528. The monoisotopic (exact) mass is 241 g/mol. The molecule has 0 spiro atoms. The second-order valence-corrected chi connectivity index (χ2v) is 3.69. The van der Waals surface area contributed by atoms with Gasteiger partial charge in [0, 0.05) is 0 Å². The number of carbonyl (C=O) groups excluding carboxylic acids is 1. The first-order valence-corrected chi connectivity index (χ1v) is 4.94. The first-order chi connectivity index (χ1) is 7.59. The van der Waals surface area contributed by atoms with Gasteiger partial charge in [0.05, 0.1) is 6.10 Å². The number of hydrogen-bond acceptors (Lipinski definition) is 6. The third kappa shape index (κ3) is 1.83. The lowest BCUT2D eigenvalue weighted by atomic mass is 10.3. The summed E-state index contributed by atoms with van der Waals surface area (Å²) in [5.74, 6) is -0.606. The molecular weight excluding hydrogens is 234 g/mol. The first kappa shape index (κ1) is 10.8. The molecule has 2 rings (SSSR count). The predicted octanol–water partition coefficient (Wildman–Crippen LogP) is 1.84. The second-order valence-electron chi connectivity index (χ2n) is 3.33. The van der Waals surface area contributed by atoms with E-state index in [1.807, 2.05) is 0 Å². The number of hydrogen-bond donors (Lipinski definition) is 0. The number of nitrogens with zero attached hydrogens (tertiary/aromatic N) is 3. The van der Waals surface area contributed by atoms with Gasteiger partial charge in [0.1, 0.15) is 16.9 Å². The third-order valence-corrected chi connectivity index (χ3v) is 2.05. The smallest absolute Gasteiger partial charge is 0.361 e. The average Bonchev–Trinajstić information content (AvgIpc) is 2.61. The van der Waals surface area contributed by atoms with Crippen molar-refractivity contribution in [3.8, 4) is 0 Å². The number of fused-ring (bicyclic) bond motifs is 1. The van der Waals surface area contributed by atoms with Crippen LogP contribution in [0.25, 0.3) is 11.1 Å². The Hall–Kier alpha value is -1.69. The van der Waals surface area contributed by atoms with Crippen molar-refractivity contribution in [2.45, 2.75) is 20.0 Å². The summed E-state index contributed by atoms with van der Waals surface area (Å²) in [5.41, 5.74) is 0.157. The summed E-state index contributed by atoms with van der Waals surface area (Å²) in [5, 5.41) is 3.96. The highest BCUT2D eigenvalue weighted by molar-refractivity contribution is 6.34. The van der Waals surface area contributed by atoms with Crippen LogP contribution in [0.15, 0.2) is 10.9 Å². The van der Waals surface area contributed by atoms with Crippen LogP contribution in [0.2, 0.25) is 5.15 Å². The normalized spacial score (nSPS) is 11.0. The lowest BCUT2D eigenvalue weighted by molar-refractivity contribution is 0.0368. The lowest BCUT2D eigenvalue weighted by Gasteiger charge is -2.04. The van der Waals surface area contributed by atoms with Gasteiger partial charge in [-0.2, -0.15) is 4.98 Å².